The Bertz CT molecular complexity index is 373. The maximum Gasteiger partial charge on any atom is 0.458 e. The van der Waals surface area contributed by atoms with Crippen molar-refractivity contribution >= 4 is 17.5 Å². The zero-order valence-electron chi connectivity index (χ0n) is 10.7. The number of hydrogen-bond donors (Lipinski definition) is 0. The van der Waals surface area contributed by atoms with Crippen molar-refractivity contribution < 1.29 is 45.5 Å². The molecule has 122 valence electrons. The van der Waals surface area contributed by atoms with Crippen LogP contribution in [0.1, 0.15) is 6.92 Å². The molecule has 0 aliphatic carbocycles. The molecule has 1 heterocycles. The van der Waals surface area contributed by atoms with Gasteiger partial charge in [0.2, 0.25) is 5.91 Å². The molecular formula is C10H11F6NO4. The Morgan fingerprint density at radius 1 is 0.857 bits per heavy atom. The lowest BCUT2D eigenvalue weighted by Crippen LogP contribution is -2.39. The fraction of sp³-hybridized carbons (Fsp3) is 0.700. The monoisotopic (exact) mass is 323 g/mol. The van der Waals surface area contributed by atoms with Crippen LogP contribution in [0.25, 0.3) is 0 Å². The van der Waals surface area contributed by atoms with Crippen LogP contribution in [0, 0.1) is 0 Å². The second-order valence-corrected chi connectivity index (χ2v) is 3.77. The highest BCUT2D eigenvalue weighted by Crippen LogP contribution is 2.23. The molecule has 1 rings (SSSR count). The number of ether oxygens (including phenoxy) is 1. The molecule has 0 unspecified atom stereocenters. The number of rotatable bonds is 1. The Balaban J connectivity index is 0.000000394. The van der Waals surface area contributed by atoms with E-state index in [1.54, 1.807) is 11.8 Å². The number of alkyl halides is 6. The first-order valence-electron chi connectivity index (χ1n) is 5.43. The zero-order valence-corrected chi connectivity index (χ0v) is 10.7. The third-order valence-electron chi connectivity index (χ3n) is 2.18. The van der Waals surface area contributed by atoms with E-state index < -0.39 is 23.9 Å². The van der Waals surface area contributed by atoms with Gasteiger partial charge >= 0.3 is 23.9 Å². The summed E-state index contributed by atoms with van der Waals surface area (Å²) in [5.41, 5.74) is 0. The van der Waals surface area contributed by atoms with Gasteiger partial charge in [-0.25, -0.2) is 0 Å². The standard InChI is InChI=1S/C6H11NO2.C4F6O2/c1-6(8)7-2-4-9-5-3-7;5-3(6,7)1(11)2(12)4(8,9)10/h2-5H2,1H3;. The molecule has 1 aliphatic rings. The van der Waals surface area contributed by atoms with Crippen LogP contribution in [-0.4, -0.2) is 61.0 Å². The summed E-state index contributed by atoms with van der Waals surface area (Å²) in [6.07, 6.45) is -11.5. The minimum atomic E-state index is -5.77. The molecule has 0 spiro atoms. The predicted molar refractivity (Wildman–Crippen MR) is 55.2 cm³/mol. The fourth-order valence-electron chi connectivity index (χ4n) is 1.14. The van der Waals surface area contributed by atoms with Crippen molar-refractivity contribution in [1.82, 2.24) is 4.90 Å². The molecule has 1 saturated heterocycles. The summed E-state index contributed by atoms with van der Waals surface area (Å²) < 4.78 is 72.0. The molecule has 0 bridgehead atoms. The number of carbonyl (C=O) groups excluding carboxylic acids is 3. The maximum absolute atomic E-state index is 11.2. The van der Waals surface area contributed by atoms with E-state index in [9.17, 15) is 40.7 Å². The topological polar surface area (TPSA) is 63.7 Å². The van der Waals surface area contributed by atoms with Gasteiger partial charge in [0.25, 0.3) is 0 Å². The number of carbonyl (C=O) groups is 3. The molecule has 0 aromatic heterocycles. The van der Waals surface area contributed by atoms with Crippen molar-refractivity contribution in [2.75, 3.05) is 26.3 Å². The number of Topliss-reactive ketones (excluding diaryl/α,β-unsaturated/α-hetero) is 2. The maximum atomic E-state index is 11.2. The molecule has 0 aromatic carbocycles. The van der Waals surface area contributed by atoms with Gasteiger partial charge in [0.1, 0.15) is 0 Å². The number of ketones is 2. The van der Waals surface area contributed by atoms with E-state index in [1.165, 1.54) is 0 Å². The molecule has 0 N–H and O–H groups in total. The average molecular weight is 323 g/mol. The van der Waals surface area contributed by atoms with Crippen LogP contribution in [0.5, 0.6) is 0 Å². The summed E-state index contributed by atoms with van der Waals surface area (Å²) in [5.74, 6) is -6.66. The minimum absolute atomic E-state index is 0.151. The largest absolute Gasteiger partial charge is 0.458 e. The number of amides is 1. The van der Waals surface area contributed by atoms with E-state index in [2.05, 4.69) is 0 Å². The van der Waals surface area contributed by atoms with Crippen LogP contribution in [0.2, 0.25) is 0 Å². The molecule has 0 radical (unpaired) electrons. The number of morpholine rings is 1. The normalized spacial score (nSPS) is 15.9. The Morgan fingerprint density at radius 2 is 1.19 bits per heavy atom. The van der Waals surface area contributed by atoms with E-state index in [0.29, 0.717) is 13.2 Å². The fourth-order valence-corrected chi connectivity index (χ4v) is 1.14. The van der Waals surface area contributed by atoms with Crippen LogP contribution < -0.4 is 0 Å². The SMILES string of the molecule is CC(=O)N1CCOCC1.O=C(C(=O)C(F)(F)F)C(F)(F)F. The quantitative estimate of drug-likeness (QED) is 0.536. The molecule has 0 saturated carbocycles. The summed E-state index contributed by atoms with van der Waals surface area (Å²) in [6.45, 7) is 4.50. The summed E-state index contributed by atoms with van der Waals surface area (Å²) in [4.78, 5) is 31.7. The van der Waals surface area contributed by atoms with Gasteiger partial charge in [-0.2, -0.15) is 26.3 Å². The highest BCUT2D eigenvalue weighted by molar-refractivity contribution is 6.41. The highest BCUT2D eigenvalue weighted by atomic mass is 19.4. The molecule has 21 heavy (non-hydrogen) atoms. The summed E-state index contributed by atoms with van der Waals surface area (Å²) in [5, 5.41) is 0. The first kappa shape index (κ1) is 19.4. The Morgan fingerprint density at radius 3 is 1.38 bits per heavy atom. The van der Waals surface area contributed by atoms with Crippen molar-refractivity contribution in [3.8, 4) is 0 Å². The summed E-state index contributed by atoms with van der Waals surface area (Å²) in [6, 6.07) is 0. The third-order valence-corrected chi connectivity index (χ3v) is 2.18. The van der Waals surface area contributed by atoms with E-state index in [-0.39, 0.29) is 5.91 Å². The molecule has 1 amide bonds. The van der Waals surface area contributed by atoms with E-state index in [0.717, 1.165) is 13.1 Å². The van der Waals surface area contributed by atoms with Crippen molar-refractivity contribution in [3.63, 3.8) is 0 Å². The van der Waals surface area contributed by atoms with E-state index in [4.69, 9.17) is 4.74 Å². The Labute approximate surface area is 114 Å². The van der Waals surface area contributed by atoms with Crippen molar-refractivity contribution in [3.05, 3.63) is 0 Å². The second kappa shape index (κ2) is 7.38. The predicted octanol–water partition coefficient (Wildman–Crippen LogP) is 1.11. The molecule has 0 aromatic rings. The summed E-state index contributed by atoms with van der Waals surface area (Å²) in [7, 11) is 0. The van der Waals surface area contributed by atoms with Crippen LogP contribution in [-0.2, 0) is 19.1 Å². The van der Waals surface area contributed by atoms with Crippen LogP contribution >= 0.6 is 0 Å². The average Bonchev–Trinajstić information content (AvgIpc) is 2.36. The smallest absolute Gasteiger partial charge is 0.378 e. The van der Waals surface area contributed by atoms with E-state index in [1.807, 2.05) is 0 Å². The lowest BCUT2D eigenvalue weighted by atomic mass is 10.2. The van der Waals surface area contributed by atoms with Gasteiger partial charge in [-0.3, -0.25) is 14.4 Å². The van der Waals surface area contributed by atoms with Crippen molar-refractivity contribution in [1.29, 1.82) is 0 Å². The van der Waals surface area contributed by atoms with Gasteiger partial charge in [-0.05, 0) is 0 Å². The number of nitrogens with zero attached hydrogens (tertiary/aromatic N) is 1. The van der Waals surface area contributed by atoms with Gasteiger partial charge in [-0.1, -0.05) is 0 Å². The lowest BCUT2D eigenvalue weighted by Gasteiger charge is -2.25. The Hall–Kier alpha value is -1.65. The van der Waals surface area contributed by atoms with Crippen LogP contribution in [0.4, 0.5) is 26.3 Å². The number of halogens is 6. The van der Waals surface area contributed by atoms with Crippen molar-refractivity contribution in [2.45, 2.75) is 19.3 Å². The van der Waals surface area contributed by atoms with Crippen LogP contribution in [0.3, 0.4) is 0 Å². The first-order valence-corrected chi connectivity index (χ1v) is 5.43. The van der Waals surface area contributed by atoms with Gasteiger partial charge in [0, 0.05) is 20.0 Å². The molecule has 11 heteroatoms. The summed E-state index contributed by atoms with van der Waals surface area (Å²) >= 11 is 0. The van der Waals surface area contributed by atoms with Gasteiger partial charge in [-0.15, -0.1) is 0 Å². The van der Waals surface area contributed by atoms with Gasteiger partial charge in [0.15, 0.2) is 0 Å². The molecular weight excluding hydrogens is 312 g/mol. The molecule has 1 aliphatic heterocycles. The van der Waals surface area contributed by atoms with Gasteiger partial charge in [0.05, 0.1) is 13.2 Å². The van der Waals surface area contributed by atoms with Crippen molar-refractivity contribution in [2.24, 2.45) is 0 Å². The molecule has 5 nitrogen and oxygen atoms in total. The number of hydrogen-bond acceptors (Lipinski definition) is 4. The Kier molecular flexibility index (Phi) is 6.80. The molecule has 1 fully saturated rings. The lowest BCUT2D eigenvalue weighted by molar-refractivity contribution is -0.193. The highest BCUT2D eigenvalue weighted by Gasteiger charge is 2.54. The third kappa shape index (κ3) is 7.06. The van der Waals surface area contributed by atoms with Gasteiger partial charge < -0.3 is 9.64 Å². The second-order valence-electron chi connectivity index (χ2n) is 3.77. The zero-order chi connectivity index (χ0) is 16.8. The minimum Gasteiger partial charge on any atom is -0.378 e. The first-order chi connectivity index (χ1) is 9.37. The van der Waals surface area contributed by atoms with E-state index >= 15 is 0 Å². The van der Waals surface area contributed by atoms with Crippen LogP contribution in [0.15, 0.2) is 0 Å². The molecule has 0 atom stereocenters.